The summed E-state index contributed by atoms with van der Waals surface area (Å²) in [6, 6.07) is 2.46. The van der Waals surface area contributed by atoms with Gasteiger partial charge < -0.3 is 14.7 Å². The number of hydrogen-bond acceptors (Lipinski definition) is 5. The number of halogens is 2. The zero-order valence-corrected chi connectivity index (χ0v) is 19.4. The Bertz CT molecular complexity index is 971. The molecule has 1 aromatic heterocycles. The Labute approximate surface area is 193 Å². The van der Waals surface area contributed by atoms with Gasteiger partial charge in [0, 0.05) is 63.6 Å². The second-order valence-corrected chi connectivity index (χ2v) is 8.48. The molecule has 0 fully saturated rings. The summed E-state index contributed by atoms with van der Waals surface area (Å²) >= 11 is 0. The fraction of sp³-hybridized carbons (Fsp3) is 0.500. The van der Waals surface area contributed by atoms with Crippen LogP contribution >= 0.6 is 0 Å². The number of carbonyl (C=O) groups is 2. The van der Waals surface area contributed by atoms with E-state index in [-0.39, 0.29) is 24.8 Å². The average Bonchev–Trinajstić information content (AvgIpc) is 2.80. The van der Waals surface area contributed by atoms with Crippen LogP contribution in [0.25, 0.3) is 0 Å². The number of fused-ring (bicyclic) bond motifs is 1. The van der Waals surface area contributed by atoms with Gasteiger partial charge in [-0.3, -0.25) is 9.59 Å². The van der Waals surface area contributed by atoms with Crippen molar-refractivity contribution in [1.82, 2.24) is 19.8 Å². The number of amides is 2. The van der Waals surface area contributed by atoms with Crippen LogP contribution in [0.3, 0.4) is 0 Å². The van der Waals surface area contributed by atoms with E-state index in [9.17, 15) is 18.4 Å². The van der Waals surface area contributed by atoms with Crippen molar-refractivity contribution in [3.05, 3.63) is 53.6 Å². The molecule has 9 heteroatoms. The zero-order valence-electron chi connectivity index (χ0n) is 19.4. The molecule has 2 aromatic rings. The third-order valence-corrected chi connectivity index (χ3v) is 5.90. The monoisotopic (exact) mass is 459 g/mol. The number of anilines is 1. The van der Waals surface area contributed by atoms with Crippen molar-refractivity contribution < 1.29 is 18.4 Å². The first-order chi connectivity index (χ1) is 15.8. The molecule has 0 bridgehead atoms. The summed E-state index contributed by atoms with van der Waals surface area (Å²) in [5.41, 5.74) is 1.01. The van der Waals surface area contributed by atoms with Crippen molar-refractivity contribution in [2.45, 2.75) is 52.6 Å². The van der Waals surface area contributed by atoms with Crippen LogP contribution in [-0.2, 0) is 11.3 Å². The van der Waals surface area contributed by atoms with E-state index in [1.165, 1.54) is 23.6 Å². The molecule has 1 aromatic carbocycles. The molecule has 2 heterocycles. The third-order valence-electron chi connectivity index (χ3n) is 5.90. The van der Waals surface area contributed by atoms with E-state index in [1.54, 1.807) is 11.8 Å². The molecule has 0 unspecified atom stereocenters. The smallest absolute Gasteiger partial charge is 0.257 e. The topological polar surface area (TPSA) is 69.6 Å². The lowest BCUT2D eigenvalue weighted by molar-refractivity contribution is -0.118. The number of nitrogens with zero attached hydrogens (tertiary/aromatic N) is 5. The Kier molecular flexibility index (Phi) is 8.43. The lowest BCUT2D eigenvalue weighted by Crippen LogP contribution is -2.40. The summed E-state index contributed by atoms with van der Waals surface area (Å²) < 4.78 is 28.5. The minimum atomic E-state index is -1.02. The summed E-state index contributed by atoms with van der Waals surface area (Å²) in [6.07, 6.45) is 5.86. The van der Waals surface area contributed by atoms with Gasteiger partial charge in [-0.15, -0.1) is 0 Å². The molecular formula is C24H31F2N5O2. The van der Waals surface area contributed by atoms with Crippen molar-refractivity contribution in [3.63, 3.8) is 0 Å². The molecule has 2 amide bonds. The third kappa shape index (κ3) is 6.10. The maximum Gasteiger partial charge on any atom is 0.257 e. The molecule has 0 N–H and O–H groups in total. The van der Waals surface area contributed by atoms with Gasteiger partial charge in [0.25, 0.3) is 5.91 Å². The lowest BCUT2D eigenvalue weighted by Gasteiger charge is -2.33. The van der Waals surface area contributed by atoms with Crippen LogP contribution in [0.15, 0.2) is 30.9 Å². The molecule has 0 spiro atoms. The predicted octanol–water partition coefficient (Wildman–Crippen LogP) is 3.64. The summed E-state index contributed by atoms with van der Waals surface area (Å²) in [7, 11) is 0. The van der Waals surface area contributed by atoms with Crippen molar-refractivity contribution in [2.75, 3.05) is 31.1 Å². The number of benzene rings is 1. The Morgan fingerprint density at radius 1 is 1.00 bits per heavy atom. The van der Waals surface area contributed by atoms with E-state index in [2.05, 4.69) is 28.7 Å². The molecule has 1 aliphatic heterocycles. The minimum absolute atomic E-state index is 0.0371. The molecule has 33 heavy (non-hydrogen) atoms. The standard InChI is InChI=1S/C24H31F2N5O2/c1-4-23(32)31-10-6-8-29(17(2)3)7-5-9-30(24(33)19-13-27-16-28-14-19)15-18-11-20(25)21(26)12-22(18)31/h11-14,16-17H,4-10,15H2,1-3H3. The molecule has 3 rings (SSSR count). The highest BCUT2D eigenvalue weighted by Gasteiger charge is 2.25. The van der Waals surface area contributed by atoms with Gasteiger partial charge in [0.05, 0.1) is 11.3 Å². The molecule has 0 saturated heterocycles. The van der Waals surface area contributed by atoms with Gasteiger partial charge in [0.2, 0.25) is 5.91 Å². The Morgan fingerprint density at radius 3 is 2.27 bits per heavy atom. The van der Waals surface area contributed by atoms with Gasteiger partial charge in [-0.05, 0) is 38.3 Å². The Balaban J connectivity index is 2.05. The molecule has 0 aliphatic carbocycles. The largest absolute Gasteiger partial charge is 0.334 e. The van der Waals surface area contributed by atoms with Crippen molar-refractivity contribution in [2.24, 2.45) is 0 Å². The highest BCUT2D eigenvalue weighted by molar-refractivity contribution is 5.95. The van der Waals surface area contributed by atoms with Gasteiger partial charge in [-0.25, -0.2) is 18.7 Å². The maximum absolute atomic E-state index is 14.3. The first-order valence-electron chi connectivity index (χ1n) is 11.4. The second kappa shape index (κ2) is 11.3. The summed E-state index contributed by atoms with van der Waals surface area (Å²) in [4.78, 5) is 39.3. The summed E-state index contributed by atoms with van der Waals surface area (Å²) in [6.45, 7) is 8.32. The molecule has 0 atom stereocenters. The van der Waals surface area contributed by atoms with E-state index in [4.69, 9.17) is 0 Å². The number of aromatic nitrogens is 2. The second-order valence-electron chi connectivity index (χ2n) is 8.48. The molecule has 178 valence electrons. The minimum Gasteiger partial charge on any atom is -0.334 e. The van der Waals surface area contributed by atoms with Gasteiger partial charge in [0.1, 0.15) is 6.33 Å². The fourth-order valence-electron chi connectivity index (χ4n) is 4.10. The normalized spacial score (nSPS) is 16.2. The van der Waals surface area contributed by atoms with Crippen LogP contribution in [0, 0.1) is 11.6 Å². The molecule has 0 saturated carbocycles. The van der Waals surface area contributed by atoms with Crippen LogP contribution < -0.4 is 4.90 Å². The summed E-state index contributed by atoms with van der Waals surface area (Å²) in [5, 5.41) is 0. The Morgan fingerprint density at radius 2 is 1.64 bits per heavy atom. The van der Waals surface area contributed by atoms with Crippen LogP contribution in [0.1, 0.15) is 56.0 Å². The Hall–Kier alpha value is -2.94. The van der Waals surface area contributed by atoms with Crippen LogP contribution in [0.5, 0.6) is 0 Å². The van der Waals surface area contributed by atoms with Gasteiger partial charge >= 0.3 is 0 Å². The van der Waals surface area contributed by atoms with Crippen LogP contribution in [0.2, 0.25) is 0 Å². The molecule has 1 aliphatic rings. The van der Waals surface area contributed by atoms with Crippen molar-refractivity contribution in [1.29, 1.82) is 0 Å². The van der Waals surface area contributed by atoms with Gasteiger partial charge in [-0.1, -0.05) is 6.92 Å². The lowest BCUT2D eigenvalue weighted by atomic mass is 10.1. The van der Waals surface area contributed by atoms with E-state index >= 15 is 0 Å². The van der Waals surface area contributed by atoms with Crippen LogP contribution in [-0.4, -0.2) is 63.8 Å². The van der Waals surface area contributed by atoms with E-state index in [0.29, 0.717) is 48.8 Å². The quantitative estimate of drug-likeness (QED) is 0.701. The fourth-order valence-corrected chi connectivity index (χ4v) is 4.10. The van der Waals surface area contributed by atoms with Gasteiger partial charge in [-0.2, -0.15) is 0 Å². The van der Waals surface area contributed by atoms with Crippen LogP contribution in [0.4, 0.5) is 14.5 Å². The highest BCUT2D eigenvalue weighted by Crippen LogP contribution is 2.28. The molecular weight excluding hydrogens is 428 g/mol. The number of hydrogen-bond donors (Lipinski definition) is 0. The predicted molar refractivity (Wildman–Crippen MR) is 122 cm³/mol. The average molecular weight is 460 g/mol. The van der Waals surface area contributed by atoms with Crippen molar-refractivity contribution in [3.8, 4) is 0 Å². The van der Waals surface area contributed by atoms with Gasteiger partial charge in [0.15, 0.2) is 11.6 Å². The number of rotatable bonds is 3. The van der Waals surface area contributed by atoms with E-state index < -0.39 is 11.6 Å². The van der Waals surface area contributed by atoms with E-state index in [1.807, 2.05) is 0 Å². The first-order valence-corrected chi connectivity index (χ1v) is 11.4. The zero-order chi connectivity index (χ0) is 24.0. The van der Waals surface area contributed by atoms with E-state index in [0.717, 1.165) is 25.2 Å². The highest BCUT2D eigenvalue weighted by atomic mass is 19.2. The first kappa shape index (κ1) is 24.7. The molecule has 7 nitrogen and oxygen atoms in total. The van der Waals surface area contributed by atoms with Crippen molar-refractivity contribution >= 4 is 17.5 Å². The summed E-state index contributed by atoms with van der Waals surface area (Å²) in [5.74, 6) is -2.50. The number of carbonyl (C=O) groups excluding carboxylic acids is 2. The SMILES string of the molecule is CCC(=O)N1CCCN(C(C)C)CCCN(C(=O)c2cncnc2)Cc2cc(F)c(F)cc21. The molecule has 0 radical (unpaired) electrons. The maximum atomic E-state index is 14.3.